The molecule has 0 aliphatic heterocycles. The fraction of sp³-hybridized carbons (Fsp3) is 0.625. The number of rotatable bonds is 3. The van der Waals surface area contributed by atoms with E-state index in [-0.39, 0.29) is 23.8 Å². The number of amides is 1. The van der Waals surface area contributed by atoms with Crippen LogP contribution in [-0.4, -0.2) is 22.6 Å². The van der Waals surface area contributed by atoms with Gasteiger partial charge >= 0.3 is 0 Å². The monoisotopic (exact) mass is 306 g/mol. The van der Waals surface area contributed by atoms with E-state index in [1.54, 1.807) is 6.20 Å². The molecule has 1 aromatic rings. The minimum absolute atomic E-state index is 0.0547. The van der Waals surface area contributed by atoms with Crippen LogP contribution in [-0.2, 0) is 4.79 Å². The zero-order valence-corrected chi connectivity index (χ0v) is 13.4. The zero-order valence-electron chi connectivity index (χ0n) is 12.6. The molecule has 1 fully saturated rings. The highest BCUT2D eigenvalue weighted by Gasteiger charge is 2.37. The van der Waals surface area contributed by atoms with Crippen molar-refractivity contribution in [3.63, 3.8) is 0 Å². The second-order valence-electron chi connectivity index (χ2n) is 6.08. The average Bonchev–Trinajstić information content (AvgIpc) is 2.86. The number of hydrogen-bond acceptors (Lipinski definition) is 4. The molecule has 5 heteroatoms. The van der Waals surface area contributed by atoms with E-state index in [1.807, 2.05) is 0 Å². The van der Waals surface area contributed by atoms with Crippen molar-refractivity contribution in [2.24, 2.45) is 11.3 Å². The highest BCUT2D eigenvalue weighted by atomic mass is 32.1. The molecule has 0 bridgehead atoms. The molecule has 1 amide bonds. The smallest absolute Gasteiger partial charge is 0.229 e. The van der Waals surface area contributed by atoms with E-state index in [2.05, 4.69) is 36.0 Å². The van der Waals surface area contributed by atoms with Crippen molar-refractivity contribution in [1.82, 2.24) is 4.98 Å². The number of thiazole rings is 1. The first-order valence-electron chi connectivity index (χ1n) is 7.39. The highest BCUT2D eigenvalue weighted by Crippen LogP contribution is 2.41. The van der Waals surface area contributed by atoms with Gasteiger partial charge in [-0.2, -0.15) is 0 Å². The molecular formula is C16H22N2O2S. The Hall–Kier alpha value is -1.38. The van der Waals surface area contributed by atoms with Crippen LogP contribution in [0.15, 0.2) is 6.20 Å². The Morgan fingerprint density at radius 3 is 3.10 bits per heavy atom. The number of aliphatic hydroxyl groups is 1. The summed E-state index contributed by atoms with van der Waals surface area (Å²) < 4.78 is 0. The fourth-order valence-electron chi connectivity index (χ4n) is 2.77. The summed E-state index contributed by atoms with van der Waals surface area (Å²) in [4.78, 5) is 17.4. The summed E-state index contributed by atoms with van der Waals surface area (Å²) in [5.41, 5.74) is 0.0589. The molecule has 1 aliphatic carbocycles. The predicted molar refractivity (Wildman–Crippen MR) is 85.1 cm³/mol. The molecule has 1 heterocycles. The van der Waals surface area contributed by atoms with Crippen LogP contribution in [0.25, 0.3) is 0 Å². The molecule has 0 aromatic carbocycles. The van der Waals surface area contributed by atoms with Crippen LogP contribution in [0.4, 0.5) is 5.13 Å². The number of hydrogen-bond donors (Lipinski definition) is 2. The highest BCUT2D eigenvalue weighted by molar-refractivity contribution is 7.16. The molecule has 0 radical (unpaired) electrons. The molecule has 1 aromatic heterocycles. The number of aromatic nitrogens is 1. The molecular weight excluding hydrogens is 284 g/mol. The Balaban J connectivity index is 1.98. The topological polar surface area (TPSA) is 62.2 Å². The number of nitrogens with zero attached hydrogens (tertiary/aromatic N) is 1. The van der Waals surface area contributed by atoms with Crippen molar-refractivity contribution < 1.29 is 9.90 Å². The minimum Gasteiger partial charge on any atom is -0.395 e. The Labute approximate surface area is 130 Å². The normalized spacial score (nSPS) is 20.4. The minimum atomic E-state index is 0.0547. The molecule has 1 saturated carbocycles. The first-order chi connectivity index (χ1) is 10.0. The van der Waals surface area contributed by atoms with Crippen LogP contribution in [0.2, 0.25) is 0 Å². The van der Waals surface area contributed by atoms with Crippen LogP contribution >= 0.6 is 11.3 Å². The van der Waals surface area contributed by atoms with Gasteiger partial charge < -0.3 is 10.4 Å². The van der Waals surface area contributed by atoms with Crippen molar-refractivity contribution in [3.05, 3.63) is 11.1 Å². The Bertz CT molecular complexity index is 554. The number of carbonyl (C=O) groups is 1. The van der Waals surface area contributed by atoms with Gasteiger partial charge in [0.1, 0.15) is 0 Å². The van der Waals surface area contributed by atoms with Crippen LogP contribution in [0.5, 0.6) is 0 Å². The van der Waals surface area contributed by atoms with Crippen molar-refractivity contribution in [3.8, 4) is 11.8 Å². The van der Waals surface area contributed by atoms with E-state index in [1.165, 1.54) is 17.8 Å². The maximum atomic E-state index is 12.4. The molecule has 21 heavy (non-hydrogen) atoms. The van der Waals surface area contributed by atoms with E-state index < -0.39 is 0 Å². The van der Waals surface area contributed by atoms with Crippen LogP contribution in [0.1, 0.15) is 50.8 Å². The van der Waals surface area contributed by atoms with Gasteiger partial charge in [-0.25, -0.2) is 4.98 Å². The van der Waals surface area contributed by atoms with Gasteiger partial charge in [0.2, 0.25) is 5.91 Å². The van der Waals surface area contributed by atoms with Gasteiger partial charge in [-0.05, 0) is 18.3 Å². The second kappa shape index (κ2) is 7.06. The lowest BCUT2D eigenvalue weighted by atomic mass is 9.68. The lowest BCUT2D eigenvalue weighted by Crippen LogP contribution is -2.37. The second-order valence-corrected chi connectivity index (χ2v) is 7.11. The third kappa shape index (κ3) is 4.29. The van der Waals surface area contributed by atoms with Crippen molar-refractivity contribution in [2.75, 3.05) is 11.9 Å². The number of nitrogens with one attached hydrogen (secondary N) is 1. The Morgan fingerprint density at radius 1 is 1.57 bits per heavy atom. The molecule has 114 valence electrons. The molecule has 1 unspecified atom stereocenters. The van der Waals surface area contributed by atoms with Crippen molar-refractivity contribution in [2.45, 2.75) is 46.0 Å². The summed E-state index contributed by atoms with van der Waals surface area (Å²) in [7, 11) is 0. The largest absolute Gasteiger partial charge is 0.395 e. The molecule has 0 saturated heterocycles. The summed E-state index contributed by atoms with van der Waals surface area (Å²) in [6, 6.07) is 0. The van der Waals surface area contributed by atoms with E-state index in [0.717, 1.165) is 24.1 Å². The molecule has 2 rings (SSSR count). The quantitative estimate of drug-likeness (QED) is 0.844. The standard InChI is InChI=1S/C16H22N2O2S/c1-16(2)9-5-3-8-13(16)14(20)18-15-17-11-12(21-15)7-4-6-10-19/h11,13,19H,3,5-6,8-10H2,1-2H3,(H,17,18,20). The van der Waals surface area contributed by atoms with E-state index in [9.17, 15) is 4.79 Å². The number of aliphatic hydroxyl groups excluding tert-OH is 1. The van der Waals surface area contributed by atoms with Gasteiger partial charge in [-0.15, -0.1) is 0 Å². The van der Waals surface area contributed by atoms with Gasteiger partial charge in [0.25, 0.3) is 0 Å². The van der Waals surface area contributed by atoms with Gasteiger partial charge in [-0.3, -0.25) is 4.79 Å². The SMILES string of the molecule is CC1(C)CCCCC1C(=O)Nc1ncc(C#CCCO)s1. The molecule has 2 N–H and O–H groups in total. The van der Waals surface area contributed by atoms with Gasteiger partial charge in [0, 0.05) is 12.3 Å². The summed E-state index contributed by atoms with van der Waals surface area (Å²) in [5.74, 6) is 5.91. The molecule has 4 nitrogen and oxygen atoms in total. The number of anilines is 1. The van der Waals surface area contributed by atoms with E-state index >= 15 is 0 Å². The third-order valence-electron chi connectivity index (χ3n) is 4.01. The Kier molecular flexibility index (Phi) is 5.38. The number of carbonyl (C=O) groups excluding carboxylic acids is 1. The lowest BCUT2D eigenvalue weighted by Gasteiger charge is -2.37. The fourth-order valence-corrected chi connectivity index (χ4v) is 3.46. The molecule has 1 atom stereocenters. The summed E-state index contributed by atoms with van der Waals surface area (Å²) in [6.45, 7) is 4.40. The van der Waals surface area contributed by atoms with Crippen molar-refractivity contribution in [1.29, 1.82) is 0 Å². The first-order valence-corrected chi connectivity index (χ1v) is 8.21. The first kappa shape index (κ1) is 16.0. The lowest BCUT2D eigenvalue weighted by molar-refractivity contribution is -0.124. The van der Waals surface area contributed by atoms with Gasteiger partial charge in [0.15, 0.2) is 5.13 Å². The van der Waals surface area contributed by atoms with E-state index in [0.29, 0.717) is 11.6 Å². The van der Waals surface area contributed by atoms with Crippen LogP contribution < -0.4 is 5.32 Å². The molecule has 0 spiro atoms. The maximum Gasteiger partial charge on any atom is 0.229 e. The van der Waals surface area contributed by atoms with Crippen molar-refractivity contribution >= 4 is 22.4 Å². The maximum absolute atomic E-state index is 12.4. The summed E-state index contributed by atoms with van der Waals surface area (Å²) in [6.07, 6.45) is 6.50. The van der Waals surface area contributed by atoms with Crippen LogP contribution in [0, 0.1) is 23.2 Å². The van der Waals surface area contributed by atoms with Gasteiger partial charge in [-0.1, -0.05) is 49.9 Å². The van der Waals surface area contributed by atoms with E-state index in [4.69, 9.17) is 5.11 Å². The average molecular weight is 306 g/mol. The zero-order chi connectivity index (χ0) is 15.3. The third-order valence-corrected chi connectivity index (χ3v) is 4.84. The Morgan fingerprint density at radius 2 is 2.38 bits per heavy atom. The van der Waals surface area contributed by atoms with Crippen LogP contribution in [0.3, 0.4) is 0 Å². The molecule has 1 aliphatic rings. The van der Waals surface area contributed by atoms with Gasteiger partial charge in [0.05, 0.1) is 17.7 Å². The summed E-state index contributed by atoms with van der Waals surface area (Å²) >= 11 is 1.38. The summed E-state index contributed by atoms with van der Waals surface area (Å²) in [5, 5.41) is 12.2. The predicted octanol–water partition coefficient (Wildman–Crippen LogP) is 3.03.